The number of hydrogen-bond acceptors (Lipinski definition) is 8. The van der Waals surface area contributed by atoms with E-state index >= 15 is 0 Å². The number of amides is 1. The van der Waals surface area contributed by atoms with Gasteiger partial charge < -0.3 is 26.4 Å². The van der Waals surface area contributed by atoms with Crippen molar-refractivity contribution in [1.29, 1.82) is 0 Å². The van der Waals surface area contributed by atoms with Crippen LogP contribution in [0.3, 0.4) is 0 Å². The molecule has 3 aromatic rings. The summed E-state index contributed by atoms with van der Waals surface area (Å²) in [5, 5.41) is 3.20. The Morgan fingerprint density at radius 3 is 2.62 bits per heavy atom. The van der Waals surface area contributed by atoms with Gasteiger partial charge in [0.1, 0.15) is 11.6 Å². The number of pyridine rings is 1. The van der Waals surface area contributed by atoms with Crippen LogP contribution in [0, 0.1) is 0 Å². The van der Waals surface area contributed by atoms with Gasteiger partial charge in [0, 0.05) is 30.9 Å². The maximum Gasteiger partial charge on any atom is 0.250 e. The Morgan fingerprint density at radius 1 is 1.10 bits per heavy atom. The highest BCUT2D eigenvalue weighted by molar-refractivity contribution is 5.99. The van der Waals surface area contributed by atoms with Crippen molar-refractivity contribution >= 4 is 29.2 Å². The number of ether oxygens (including phenoxy) is 1. The zero-order chi connectivity index (χ0) is 20.2. The van der Waals surface area contributed by atoms with Crippen LogP contribution in [0.25, 0.3) is 11.3 Å². The fourth-order valence-corrected chi connectivity index (χ4v) is 3.05. The van der Waals surface area contributed by atoms with Crippen LogP contribution in [0.15, 0.2) is 48.7 Å². The molecular weight excluding hydrogens is 370 g/mol. The fourth-order valence-electron chi connectivity index (χ4n) is 3.05. The van der Waals surface area contributed by atoms with Crippen molar-refractivity contribution in [3.05, 3.63) is 54.2 Å². The lowest BCUT2D eigenvalue weighted by Gasteiger charge is -2.27. The zero-order valence-corrected chi connectivity index (χ0v) is 15.7. The van der Waals surface area contributed by atoms with E-state index in [1.54, 1.807) is 36.5 Å². The molecular formula is C20H21N7O2. The van der Waals surface area contributed by atoms with Gasteiger partial charge in [0.25, 0.3) is 5.91 Å². The number of carbonyl (C=O) groups is 1. The summed E-state index contributed by atoms with van der Waals surface area (Å²) in [7, 11) is 0. The van der Waals surface area contributed by atoms with E-state index in [0.29, 0.717) is 60.8 Å². The van der Waals surface area contributed by atoms with Gasteiger partial charge in [-0.15, -0.1) is 0 Å². The van der Waals surface area contributed by atoms with Gasteiger partial charge in [-0.05, 0) is 24.3 Å². The van der Waals surface area contributed by atoms with E-state index in [9.17, 15) is 4.79 Å². The Hall–Kier alpha value is -3.72. The van der Waals surface area contributed by atoms with Crippen LogP contribution < -0.4 is 21.7 Å². The smallest absolute Gasteiger partial charge is 0.250 e. The van der Waals surface area contributed by atoms with Crippen LogP contribution in [0.5, 0.6) is 0 Å². The molecule has 5 N–H and O–H groups in total. The van der Waals surface area contributed by atoms with Crippen LogP contribution in [0.2, 0.25) is 0 Å². The molecule has 1 aromatic carbocycles. The van der Waals surface area contributed by atoms with Crippen LogP contribution in [-0.4, -0.2) is 47.2 Å². The predicted molar refractivity (Wildman–Crippen MR) is 111 cm³/mol. The van der Waals surface area contributed by atoms with Crippen LogP contribution in [0.4, 0.5) is 23.3 Å². The van der Waals surface area contributed by atoms with Crippen molar-refractivity contribution < 1.29 is 9.53 Å². The van der Waals surface area contributed by atoms with E-state index in [0.717, 1.165) is 5.56 Å². The number of hydrogen-bond donors (Lipinski definition) is 3. The second kappa shape index (κ2) is 8.11. The lowest BCUT2D eigenvalue weighted by Crippen LogP contribution is -2.37. The van der Waals surface area contributed by atoms with Gasteiger partial charge in [-0.3, -0.25) is 4.79 Å². The van der Waals surface area contributed by atoms with Crippen molar-refractivity contribution in [2.24, 2.45) is 5.73 Å². The highest BCUT2D eigenvalue weighted by Crippen LogP contribution is 2.26. The summed E-state index contributed by atoms with van der Waals surface area (Å²) in [6, 6.07) is 12.4. The molecule has 1 fully saturated rings. The first-order valence-corrected chi connectivity index (χ1v) is 9.20. The second-order valence-corrected chi connectivity index (χ2v) is 6.54. The minimum atomic E-state index is -0.515. The molecule has 3 heterocycles. The third kappa shape index (κ3) is 4.25. The van der Waals surface area contributed by atoms with Crippen molar-refractivity contribution in [2.75, 3.05) is 42.3 Å². The van der Waals surface area contributed by atoms with Crippen molar-refractivity contribution in [2.45, 2.75) is 0 Å². The van der Waals surface area contributed by atoms with Gasteiger partial charge in [0.2, 0.25) is 5.95 Å². The minimum absolute atomic E-state index is 0.384. The topological polar surface area (TPSA) is 132 Å². The average Bonchev–Trinajstić information content (AvgIpc) is 2.75. The van der Waals surface area contributed by atoms with Crippen molar-refractivity contribution in [1.82, 2.24) is 15.0 Å². The van der Waals surface area contributed by atoms with Crippen molar-refractivity contribution in [3.63, 3.8) is 0 Å². The second-order valence-electron chi connectivity index (χ2n) is 6.54. The summed E-state index contributed by atoms with van der Waals surface area (Å²) >= 11 is 0. The first kappa shape index (κ1) is 18.6. The van der Waals surface area contributed by atoms with Gasteiger partial charge in [-0.2, -0.15) is 4.98 Å². The molecule has 1 aliphatic rings. The Labute approximate surface area is 167 Å². The Balaban J connectivity index is 1.75. The summed E-state index contributed by atoms with van der Waals surface area (Å²) in [5.41, 5.74) is 13.7. The summed E-state index contributed by atoms with van der Waals surface area (Å²) in [4.78, 5) is 27.3. The molecule has 29 heavy (non-hydrogen) atoms. The molecule has 0 atom stereocenters. The van der Waals surface area contributed by atoms with Gasteiger partial charge in [-0.1, -0.05) is 12.1 Å². The molecule has 148 valence electrons. The van der Waals surface area contributed by atoms with E-state index in [2.05, 4.69) is 20.2 Å². The number of nitrogen functional groups attached to an aromatic ring is 1. The maximum absolute atomic E-state index is 11.8. The van der Waals surface area contributed by atoms with Gasteiger partial charge in [0.05, 0.1) is 30.2 Å². The van der Waals surface area contributed by atoms with Gasteiger partial charge in [-0.25, -0.2) is 9.97 Å². The molecule has 2 aromatic heterocycles. The highest BCUT2D eigenvalue weighted by Gasteiger charge is 2.17. The predicted octanol–water partition coefficient (Wildman–Crippen LogP) is 1.80. The van der Waals surface area contributed by atoms with E-state index < -0.39 is 5.91 Å². The molecule has 9 heteroatoms. The Kier molecular flexibility index (Phi) is 5.21. The standard InChI is InChI=1S/C20H21N7O2/c21-17-6-5-13(12-23-17)16-11-18(24-15-4-2-1-3-14(15)19(22)28)26-20(25-16)27-7-9-29-10-8-27/h1-6,11-12H,7-10H2,(H2,21,23)(H2,22,28)(H,24,25,26). The number of anilines is 4. The maximum atomic E-state index is 11.8. The van der Waals surface area contributed by atoms with E-state index in [4.69, 9.17) is 21.2 Å². The SMILES string of the molecule is NC(=O)c1ccccc1Nc1cc(-c2ccc(N)nc2)nc(N2CCOCC2)n1. The highest BCUT2D eigenvalue weighted by atomic mass is 16.5. The summed E-state index contributed by atoms with van der Waals surface area (Å²) < 4.78 is 5.43. The molecule has 1 aliphatic heterocycles. The monoisotopic (exact) mass is 391 g/mol. The number of morpholine rings is 1. The summed E-state index contributed by atoms with van der Waals surface area (Å²) in [6.07, 6.45) is 1.67. The largest absolute Gasteiger partial charge is 0.384 e. The number of primary amides is 1. The quantitative estimate of drug-likeness (QED) is 0.600. The lowest BCUT2D eigenvalue weighted by atomic mass is 10.1. The molecule has 1 amide bonds. The number of benzene rings is 1. The average molecular weight is 391 g/mol. The first-order valence-electron chi connectivity index (χ1n) is 9.20. The molecule has 0 radical (unpaired) electrons. The summed E-state index contributed by atoms with van der Waals surface area (Å²) in [5.74, 6) is 1.03. The first-order chi connectivity index (χ1) is 14.1. The normalized spacial score (nSPS) is 13.9. The zero-order valence-electron chi connectivity index (χ0n) is 15.7. The fraction of sp³-hybridized carbons (Fsp3) is 0.200. The molecule has 0 aliphatic carbocycles. The Morgan fingerprint density at radius 2 is 1.90 bits per heavy atom. The molecule has 1 saturated heterocycles. The van der Waals surface area contributed by atoms with E-state index in [1.807, 2.05) is 12.1 Å². The van der Waals surface area contributed by atoms with Crippen molar-refractivity contribution in [3.8, 4) is 11.3 Å². The number of carbonyl (C=O) groups excluding carboxylic acids is 1. The van der Waals surface area contributed by atoms with E-state index in [-0.39, 0.29) is 0 Å². The van der Waals surface area contributed by atoms with Crippen LogP contribution in [0.1, 0.15) is 10.4 Å². The number of aromatic nitrogens is 3. The third-order valence-electron chi connectivity index (χ3n) is 4.55. The number of nitrogens with zero attached hydrogens (tertiary/aromatic N) is 4. The number of nitrogens with one attached hydrogen (secondary N) is 1. The minimum Gasteiger partial charge on any atom is -0.384 e. The molecule has 0 unspecified atom stereocenters. The Bertz CT molecular complexity index is 1020. The summed E-state index contributed by atoms with van der Waals surface area (Å²) in [6.45, 7) is 2.62. The number of para-hydroxylation sites is 1. The van der Waals surface area contributed by atoms with E-state index in [1.165, 1.54) is 0 Å². The molecule has 0 bridgehead atoms. The van der Waals surface area contributed by atoms with Gasteiger partial charge in [0.15, 0.2) is 0 Å². The molecule has 0 saturated carbocycles. The van der Waals surface area contributed by atoms with Crippen LogP contribution >= 0.6 is 0 Å². The third-order valence-corrected chi connectivity index (χ3v) is 4.55. The molecule has 0 spiro atoms. The molecule has 4 rings (SSSR count). The van der Waals surface area contributed by atoms with Crippen LogP contribution in [-0.2, 0) is 4.74 Å². The number of nitrogens with two attached hydrogens (primary N) is 2. The molecule has 9 nitrogen and oxygen atoms in total. The lowest BCUT2D eigenvalue weighted by molar-refractivity contribution is 0.100. The van der Waals surface area contributed by atoms with Gasteiger partial charge >= 0.3 is 0 Å². The number of rotatable bonds is 5.